The maximum atomic E-state index is 9.04. The van der Waals surface area contributed by atoms with Gasteiger partial charge in [0.05, 0.1) is 16.7 Å². The van der Waals surface area contributed by atoms with Crippen LogP contribution in [0.3, 0.4) is 0 Å². The summed E-state index contributed by atoms with van der Waals surface area (Å²) in [6, 6.07) is 57.7. The van der Waals surface area contributed by atoms with Crippen LogP contribution in [0.1, 0.15) is 5.56 Å². The lowest BCUT2D eigenvalue weighted by atomic mass is 9.90. The van der Waals surface area contributed by atoms with Crippen molar-refractivity contribution in [1.29, 1.82) is 5.41 Å². The van der Waals surface area contributed by atoms with Gasteiger partial charge in [-0.2, -0.15) is 0 Å². The molecule has 2 N–H and O–H groups in total. The van der Waals surface area contributed by atoms with E-state index < -0.39 is 0 Å². The smallest absolute Gasteiger partial charge is 0.129 e. The second-order valence-electron chi connectivity index (χ2n) is 11.8. The van der Waals surface area contributed by atoms with Gasteiger partial charge in [-0.3, -0.25) is 5.41 Å². The van der Waals surface area contributed by atoms with Gasteiger partial charge in [-0.15, -0.1) is 0 Å². The van der Waals surface area contributed by atoms with E-state index in [2.05, 4.69) is 143 Å². The van der Waals surface area contributed by atoms with Gasteiger partial charge in [-0.1, -0.05) is 146 Å². The normalized spacial score (nSPS) is 11.6. The second kappa shape index (κ2) is 10.5. The number of fused-ring (bicyclic) bond motifs is 8. The Morgan fingerprint density at radius 2 is 1.04 bits per heavy atom. The molecule has 0 fully saturated rings. The minimum Gasteiger partial charge on any atom is -0.339 e. The molecule has 0 radical (unpaired) electrons. The molecule has 0 spiro atoms. The summed E-state index contributed by atoms with van der Waals surface area (Å²) in [4.78, 5) is 0. The van der Waals surface area contributed by atoms with Crippen LogP contribution >= 0.6 is 0 Å². The van der Waals surface area contributed by atoms with Crippen LogP contribution in [0, 0.1) is 5.41 Å². The quantitative estimate of drug-likeness (QED) is 0.120. The highest BCUT2D eigenvalue weighted by Gasteiger charge is 2.19. The minimum absolute atomic E-state index is 0.371. The van der Waals surface area contributed by atoms with Crippen molar-refractivity contribution in [2.45, 2.75) is 0 Å². The molecule has 9 aromatic rings. The van der Waals surface area contributed by atoms with E-state index in [1.165, 1.54) is 43.4 Å². The van der Waals surface area contributed by atoms with Crippen molar-refractivity contribution >= 4 is 65.6 Å². The van der Waals surface area contributed by atoms with Crippen molar-refractivity contribution in [1.82, 2.24) is 4.57 Å². The number of hydrogen-bond acceptors (Lipinski definition) is 1. The molecular formula is C43H29N3. The summed E-state index contributed by atoms with van der Waals surface area (Å²) in [6.45, 7) is 0. The Balaban J connectivity index is 1.28. The van der Waals surface area contributed by atoms with Crippen molar-refractivity contribution in [2.75, 3.05) is 5.32 Å². The Morgan fingerprint density at radius 1 is 0.457 bits per heavy atom. The number of benzene rings is 8. The predicted molar refractivity (Wildman–Crippen MR) is 196 cm³/mol. The Kier molecular flexibility index (Phi) is 5.97. The van der Waals surface area contributed by atoms with Crippen molar-refractivity contribution in [2.24, 2.45) is 0 Å². The van der Waals surface area contributed by atoms with Crippen molar-refractivity contribution in [3.63, 3.8) is 0 Å². The molecule has 3 nitrogen and oxygen atoms in total. The summed E-state index contributed by atoms with van der Waals surface area (Å²) >= 11 is 0. The number of rotatable bonds is 4. The van der Waals surface area contributed by atoms with Crippen LogP contribution in [0.4, 0.5) is 5.69 Å². The zero-order valence-electron chi connectivity index (χ0n) is 25.0. The highest BCUT2D eigenvalue weighted by Crippen LogP contribution is 2.43. The van der Waals surface area contributed by atoms with E-state index in [1.807, 2.05) is 30.3 Å². The van der Waals surface area contributed by atoms with Gasteiger partial charge in [-0.25, -0.2) is 0 Å². The lowest BCUT2D eigenvalue weighted by Gasteiger charge is -2.20. The number of anilines is 1. The molecule has 3 heteroatoms. The third kappa shape index (κ3) is 4.03. The first kappa shape index (κ1) is 26.2. The van der Waals surface area contributed by atoms with Crippen molar-refractivity contribution in [3.05, 3.63) is 169 Å². The van der Waals surface area contributed by atoms with Gasteiger partial charge >= 0.3 is 0 Å². The number of nitrogens with one attached hydrogen (secondary N) is 2. The fourth-order valence-corrected chi connectivity index (χ4v) is 7.15. The van der Waals surface area contributed by atoms with Crippen LogP contribution in [-0.2, 0) is 0 Å². The Hall–Kier alpha value is -6.19. The highest BCUT2D eigenvalue weighted by atomic mass is 15.0. The molecule has 0 aliphatic carbocycles. The fraction of sp³-hybridized carbons (Fsp3) is 0. The predicted octanol–water partition coefficient (Wildman–Crippen LogP) is 11.3. The summed E-state index contributed by atoms with van der Waals surface area (Å²) in [5.74, 6) is 0.371. The molecule has 8 aromatic carbocycles. The van der Waals surface area contributed by atoms with E-state index in [0.29, 0.717) is 5.84 Å². The lowest BCUT2D eigenvalue weighted by molar-refractivity contribution is 1.19. The summed E-state index contributed by atoms with van der Waals surface area (Å²) in [5.41, 5.74) is 7.51. The van der Waals surface area contributed by atoms with Crippen LogP contribution in [0.25, 0.3) is 70.9 Å². The van der Waals surface area contributed by atoms with E-state index >= 15 is 0 Å². The second-order valence-corrected chi connectivity index (χ2v) is 11.8. The standard InChI is InChI=1S/C43H29N3/c44-43(30-13-2-1-3-14-30)45-41-37-20-9-7-17-34(37)33-16-6-8-19-36(33)40(41)29-22-25-31(26-23-29)46-39-21-11-10-18-35(39)38-27-24-28-12-4-5-15-32(28)42(38)46/h1-27H,(H2,44,45). The molecular weight excluding hydrogens is 558 g/mol. The molecule has 0 bridgehead atoms. The van der Waals surface area contributed by atoms with Crippen LogP contribution in [0.2, 0.25) is 0 Å². The summed E-state index contributed by atoms with van der Waals surface area (Å²) in [6.07, 6.45) is 0. The maximum Gasteiger partial charge on any atom is 0.129 e. The van der Waals surface area contributed by atoms with Gasteiger partial charge in [0, 0.05) is 38.4 Å². The number of para-hydroxylation sites is 1. The third-order valence-electron chi connectivity index (χ3n) is 9.22. The first-order valence-corrected chi connectivity index (χ1v) is 15.6. The largest absolute Gasteiger partial charge is 0.339 e. The zero-order chi connectivity index (χ0) is 30.6. The van der Waals surface area contributed by atoms with Crippen LogP contribution in [0.15, 0.2) is 164 Å². The maximum absolute atomic E-state index is 9.04. The highest BCUT2D eigenvalue weighted by molar-refractivity contribution is 6.24. The third-order valence-corrected chi connectivity index (χ3v) is 9.22. The number of aromatic nitrogens is 1. The monoisotopic (exact) mass is 587 g/mol. The molecule has 0 aliphatic heterocycles. The van der Waals surface area contributed by atoms with E-state index in [4.69, 9.17) is 5.41 Å². The van der Waals surface area contributed by atoms with Gasteiger partial charge in [-0.05, 0) is 45.3 Å². The van der Waals surface area contributed by atoms with Gasteiger partial charge in [0.25, 0.3) is 0 Å². The zero-order valence-corrected chi connectivity index (χ0v) is 25.0. The number of nitrogens with zero attached hydrogens (tertiary/aromatic N) is 1. The Bertz CT molecular complexity index is 2610. The molecule has 0 saturated heterocycles. The van der Waals surface area contributed by atoms with Gasteiger partial charge in [0.2, 0.25) is 0 Å². The van der Waals surface area contributed by atoms with Gasteiger partial charge in [0.15, 0.2) is 0 Å². The molecule has 1 heterocycles. The van der Waals surface area contributed by atoms with Crippen molar-refractivity contribution in [3.8, 4) is 16.8 Å². The summed E-state index contributed by atoms with van der Waals surface area (Å²) in [7, 11) is 0. The van der Waals surface area contributed by atoms with Gasteiger partial charge in [0.1, 0.15) is 5.84 Å². The molecule has 1 aromatic heterocycles. The average molecular weight is 588 g/mol. The average Bonchev–Trinajstić information content (AvgIpc) is 3.47. The summed E-state index contributed by atoms with van der Waals surface area (Å²) < 4.78 is 2.40. The first-order chi connectivity index (χ1) is 22.8. The van der Waals surface area contributed by atoms with Gasteiger partial charge < -0.3 is 9.88 Å². The fourth-order valence-electron chi connectivity index (χ4n) is 7.15. The Labute approximate surface area is 266 Å². The van der Waals surface area contributed by atoms with E-state index in [1.54, 1.807) is 0 Å². The number of hydrogen-bond donors (Lipinski definition) is 2. The lowest BCUT2D eigenvalue weighted by Crippen LogP contribution is -2.13. The molecule has 0 saturated carbocycles. The molecule has 0 amide bonds. The molecule has 216 valence electrons. The Morgan fingerprint density at radius 3 is 1.80 bits per heavy atom. The number of amidine groups is 1. The first-order valence-electron chi connectivity index (χ1n) is 15.6. The topological polar surface area (TPSA) is 40.8 Å². The molecule has 46 heavy (non-hydrogen) atoms. The molecule has 0 aliphatic rings. The molecule has 9 rings (SSSR count). The van der Waals surface area contributed by atoms with Crippen LogP contribution in [0.5, 0.6) is 0 Å². The van der Waals surface area contributed by atoms with Crippen LogP contribution in [-0.4, -0.2) is 10.4 Å². The molecule has 0 unspecified atom stereocenters. The van der Waals surface area contributed by atoms with E-state index in [-0.39, 0.29) is 0 Å². The van der Waals surface area contributed by atoms with E-state index in [9.17, 15) is 0 Å². The van der Waals surface area contributed by atoms with Crippen LogP contribution < -0.4 is 5.32 Å². The summed E-state index contributed by atoms with van der Waals surface area (Å²) in [5, 5.41) is 22.2. The minimum atomic E-state index is 0.371. The van der Waals surface area contributed by atoms with E-state index in [0.717, 1.165) is 38.8 Å². The SMILES string of the molecule is N=C(Nc1c(-c2ccc(-n3c4ccccc4c4ccc5ccccc5c43)cc2)c2ccccc2c2ccccc12)c1ccccc1. The van der Waals surface area contributed by atoms with Crippen molar-refractivity contribution < 1.29 is 0 Å². The molecule has 0 atom stereocenters.